The molecule has 2 aromatic carbocycles. The van der Waals surface area contributed by atoms with Crippen molar-refractivity contribution in [2.75, 3.05) is 5.73 Å². The lowest BCUT2D eigenvalue weighted by Crippen LogP contribution is -2.06. The zero-order valence-corrected chi connectivity index (χ0v) is 11.9. The summed E-state index contributed by atoms with van der Waals surface area (Å²) in [4.78, 5) is 0.0535. The maximum absolute atomic E-state index is 12.3. The summed E-state index contributed by atoms with van der Waals surface area (Å²) >= 11 is 5.93. The van der Waals surface area contributed by atoms with Gasteiger partial charge < -0.3 is 5.73 Å². The van der Waals surface area contributed by atoms with Crippen molar-refractivity contribution in [3.8, 4) is 6.07 Å². The number of halogens is 1. The van der Waals surface area contributed by atoms with Gasteiger partial charge in [0.25, 0.3) is 0 Å². The average Bonchev–Trinajstić information content (AvgIpc) is 2.38. The minimum Gasteiger partial charge on any atom is -0.399 e. The van der Waals surface area contributed by atoms with Crippen molar-refractivity contribution in [3.63, 3.8) is 0 Å². The summed E-state index contributed by atoms with van der Waals surface area (Å²) in [6.45, 7) is 0. The molecule has 0 unspecified atom stereocenters. The second kappa shape index (κ2) is 5.53. The Morgan fingerprint density at radius 3 is 2.35 bits per heavy atom. The Morgan fingerprint density at radius 1 is 1.15 bits per heavy atom. The van der Waals surface area contributed by atoms with Gasteiger partial charge >= 0.3 is 0 Å². The first-order valence-corrected chi connectivity index (χ1v) is 7.72. The molecule has 0 aliphatic carbocycles. The highest BCUT2D eigenvalue weighted by Crippen LogP contribution is 2.26. The molecule has 0 aromatic heterocycles. The van der Waals surface area contributed by atoms with Crippen molar-refractivity contribution in [3.05, 3.63) is 58.6 Å². The van der Waals surface area contributed by atoms with Crippen LogP contribution in [0, 0.1) is 11.3 Å². The molecule has 0 fully saturated rings. The quantitative estimate of drug-likeness (QED) is 0.884. The minimum atomic E-state index is -3.55. The van der Waals surface area contributed by atoms with Crippen LogP contribution in [0.3, 0.4) is 0 Å². The van der Waals surface area contributed by atoms with E-state index < -0.39 is 9.84 Å². The third kappa shape index (κ3) is 3.10. The summed E-state index contributed by atoms with van der Waals surface area (Å²) in [7, 11) is -3.55. The fraction of sp³-hybridized carbons (Fsp3) is 0.0714. The largest absolute Gasteiger partial charge is 0.399 e. The number of nitriles is 1. The molecule has 0 atom stereocenters. The molecule has 4 nitrogen and oxygen atoms in total. The van der Waals surface area contributed by atoms with E-state index >= 15 is 0 Å². The van der Waals surface area contributed by atoms with E-state index in [0.29, 0.717) is 16.8 Å². The molecule has 0 bridgehead atoms. The fourth-order valence-corrected chi connectivity index (χ4v) is 3.70. The number of benzene rings is 2. The maximum atomic E-state index is 12.3. The summed E-state index contributed by atoms with van der Waals surface area (Å²) in [5.74, 6) is -0.178. The SMILES string of the molecule is N#Cc1ccc(CS(=O)(=O)c2ccc(N)cc2Cl)cc1. The third-order valence-electron chi connectivity index (χ3n) is 2.73. The molecular weight excluding hydrogens is 296 g/mol. The van der Waals surface area contributed by atoms with Crippen molar-refractivity contribution >= 4 is 27.1 Å². The Labute approximate surface area is 122 Å². The first-order valence-electron chi connectivity index (χ1n) is 5.69. The van der Waals surface area contributed by atoms with Gasteiger partial charge in [0.05, 0.1) is 27.3 Å². The Bertz CT molecular complexity index is 778. The maximum Gasteiger partial charge on any atom is 0.183 e. The Morgan fingerprint density at radius 2 is 1.80 bits per heavy atom. The zero-order valence-electron chi connectivity index (χ0n) is 10.4. The molecule has 20 heavy (non-hydrogen) atoms. The normalized spacial score (nSPS) is 11.0. The lowest BCUT2D eigenvalue weighted by molar-refractivity contribution is 0.595. The summed E-state index contributed by atoms with van der Waals surface area (Å²) in [5, 5.41) is 8.81. The Hall–Kier alpha value is -2.03. The molecule has 0 amide bonds. The van der Waals surface area contributed by atoms with E-state index in [4.69, 9.17) is 22.6 Å². The lowest BCUT2D eigenvalue weighted by atomic mass is 10.2. The number of rotatable bonds is 3. The number of sulfone groups is 1. The third-order valence-corrected chi connectivity index (χ3v) is 4.89. The van der Waals surface area contributed by atoms with Crippen molar-refractivity contribution in [1.29, 1.82) is 5.26 Å². The van der Waals surface area contributed by atoms with Crippen LogP contribution in [0.5, 0.6) is 0 Å². The van der Waals surface area contributed by atoms with E-state index in [9.17, 15) is 8.42 Å². The summed E-state index contributed by atoms with van der Waals surface area (Å²) in [5.41, 5.74) is 7.03. The van der Waals surface area contributed by atoms with Crippen LogP contribution in [0.1, 0.15) is 11.1 Å². The molecule has 2 aromatic rings. The first kappa shape index (κ1) is 14.4. The molecule has 0 heterocycles. The number of anilines is 1. The highest BCUT2D eigenvalue weighted by atomic mass is 35.5. The monoisotopic (exact) mass is 306 g/mol. The highest BCUT2D eigenvalue weighted by molar-refractivity contribution is 7.90. The minimum absolute atomic E-state index is 0.0535. The molecule has 102 valence electrons. The van der Waals surface area contributed by atoms with E-state index in [0.717, 1.165) is 0 Å². The second-order valence-corrected chi connectivity index (χ2v) is 6.62. The van der Waals surface area contributed by atoms with E-state index in [1.807, 2.05) is 6.07 Å². The van der Waals surface area contributed by atoms with Crippen LogP contribution in [0.15, 0.2) is 47.4 Å². The van der Waals surface area contributed by atoms with Gasteiger partial charge in [0.15, 0.2) is 9.84 Å². The number of nitrogens with two attached hydrogens (primary N) is 1. The summed E-state index contributed by atoms with van der Waals surface area (Å²) < 4.78 is 24.6. The van der Waals surface area contributed by atoms with E-state index in [2.05, 4.69) is 0 Å². The Balaban J connectivity index is 2.33. The summed E-state index contributed by atoms with van der Waals surface area (Å²) in [6.07, 6.45) is 0. The molecule has 2 rings (SSSR count). The van der Waals surface area contributed by atoms with Gasteiger partial charge in [-0.05, 0) is 35.9 Å². The topological polar surface area (TPSA) is 84.0 Å². The zero-order chi connectivity index (χ0) is 14.8. The number of nitrogen functional groups attached to an aromatic ring is 1. The molecule has 2 N–H and O–H groups in total. The number of hydrogen-bond acceptors (Lipinski definition) is 4. The predicted molar refractivity (Wildman–Crippen MR) is 77.9 cm³/mol. The highest BCUT2D eigenvalue weighted by Gasteiger charge is 2.18. The molecule has 0 aliphatic rings. The van der Waals surface area contributed by atoms with Gasteiger partial charge in [-0.3, -0.25) is 0 Å². The van der Waals surface area contributed by atoms with E-state index in [1.54, 1.807) is 24.3 Å². The van der Waals surface area contributed by atoms with Crippen LogP contribution in [-0.4, -0.2) is 8.42 Å². The van der Waals surface area contributed by atoms with Crippen molar-refractivity contribution in [2.45, 2.75) is 10.6 Å². The van der Waals surface area contributed by atoms with Gasteiger partial charge in [-0.15, -0.1) is 0 Å². The summed E-state index contributed by atoms with van der Waals surface area (Å²) in [6, 6.07) is 12.7. The average molecular weight is 307 g/mol. The molecule has 6 heteroatoms. The van der Waals surface area contributed by atoms with Gasteiger partial charge in [-0.2, -0.15) is 5.26 Å². The van der Waals surface area contributed by atoms with Crippen LogP contribution in [0.4, 0.5) is 5.69 Å². The van der Waals surface area contributed by atoms with E-state index in [1.165, 1.54) is 18.2 Å². The van der Waals surface area contributed by atoms with Crippen molar-refractivity contribution in [1.82, 2.24) is 0 Å². The van der Waals surface area contributed by atoms with Gasteiger partial charge in [0.2, 0.25) is 0 Å². The Kier molecular flexibility index (Phi) is 3.98. The molecule has 0 saturated heterocycles. The van der Waals surface area contributed by atoms with E-state index in [-0.39, 0.29) is 15.7 Å². The van der Waals surface area contributed by atoms with Gasteiger partial charge in [0, 0.05) is 5.69 Å². The lowest BCUT2D eigenvalue weighted by Gasteiger charge is -2.07. The standard InChI is InChI=1S/C14H11ClN2O2S/c15-13-7-12(17)5-6-14(13)20(18,19)9-11-3-1-10(8-16)2-4-11/h1-7H,9,17H2. The molecule has 0 saturated carbocycles. The second-order valence-electron chi connectivity index (χ2n) is 4.26. The molecule has 0 aliphatic heterocycles. The van der Waals surface area contributed by atoms with Crippen LogP contribution in [0.2, 0.25) is 5.02 Å². The smallest absolute Gasteiger partial charge is 0.183 e. The molecule has 0 spiro atoms. The predicted octanol–water partition coefficient (Wildman–Crippen LogP) is 2.77. The van der Waals surface area contributed by atoms with Crippen molar-refractivity contribution in [2.24, 2.45) is 0 Å². The van der Waals surface area contributed by atoms with Gasteiger partial charge in [-0.25, -0.2) is 8.42 Å². The van der Waals surface area contributed by atoms with Crippen LogP contribution >= 0.6 is 11.6 Å². The molecular formula is C14H11ClN2O2S. The first-order chi connectivity index (χ1) is 9.42. The fourth-order valence-electron chi connectivity index (χ4n) is 1.74. The molecule has 0 radical (unpaired) electrons. The van der Waals surface area contributed by atoms with Crippen molar-refractivity contribution < 1.29 is 8.42 Å². The van der Waals surface area contributed by atoms with Crippen LogP contribution in [0.25, 0.3) is 0 Å². The number of nitrogens with zero attached hydrogens (tertiary/aromatic N) is 1. The number of hydrogen-bond donors (Lipinski definition) is 1. The van der Waals surface area contributed by atoms with Gasteiger partial charge in [0.1, 0.15) is 0 Å². The van der Waals surface area contributed by atoms with Crippen LogP contribution in [-0.2, 0) is 15.6 Å². The van der Waals surface area contributed by atoms with Gasteiger partial charge in [-0.1, -0.05) is 23.7 Å². The van der Waals surface area contributed by atoms with Crippen LogP contribution < -0.4 is 5.73 Å².